The van der Waals surface area contributed by atoms with Crippen molar-refractivity contribution in [1.29, 1.82) is 0 Å². The van der Waals surface area contributed by atoms with E-state index in [4.69, 9.17) is 9.94 Å². The second-order valence-electron chi connectivity index (χ2n) is 7.05. The van der Waals surface area contributed by atoms with Gasteiger partial charge < -0.3 is 15.4 Å². The highest BCUT2D eigenvalue weighted by Crippen LogP contribution is 2.15. The van der Waals surface area contributed by atoms with E-state index in [1.165, 1.54) is 11.6 Å². The molecule has 0 bridgehead atoms. The van der Waals surface area contributed by atoms with Crippen LogP contribution in [0.2, 0.25) is 0 Å². The molecule has 11 nitrogen and oxygen atoms in total. The van der Waals surface area contributed by atoms with Crippen LogP contribution in [0.15, 0.2) is 30.5 Å². The van der Waals surface area contributed by atoms with Crippen molar-refractivity contribution in [3.05, 3.63) is 41.7 Å². The van der Waals surface area contributed by atoms with Crippen LogP contribution < -0.4 is 16.1 Å². The number of ether oxygens (including phenoxy) is 1. The summed E-state index contributed by atoms with van der Waals surface area (Å²) >= 11 is 0. The Kier molecular flexibility index (Phi) is 8.29. The summed E-state index contributed by atoms with van der Waals surface area (Å²) in [6.45, 7) is 5.31. The first-order valence-electron chi connectivity index (χ1n) is 9.41. The molecule has 2 rings (SSSR count). The number of urea groups is 1. The Bertz CT molecular complexity index is 882. The maximum absolute atomic E-state index is 12.1. The average Bonchev–Trinajstić information content (AvgIpc) is 3.18. The highest BCUT2D eigenvalue weighted by atomic mass is 16.5. The van der Waals surface area contributed by atoms with Crippen molar-refractivity contribution in [1.82, 2.24) is 31.1 Å². The van der Waals surface area contributed by atoms with Crippen molar-refractivity contribution in [2.45, 2.75) is 46.4 Å². The number of hydrogen-bond acceptors (Lipinski definition) is 7. The zero-order chi connectivity index (χ0) is 22.1. The van der Waals surface area contributed by atoms with Crippen molar-refractivity contribution < 1.29 is 24.3 Å². The number of carbonyl (C=O) groups is 3. The fourth-order valence-corrected chi connectivity index (χ4v) is 2.69. The highest BCUT2D eigenvalue weighted by molar-refractivity contribution is 5.86. The van der Waals surface area contributed by atoms with Gasteiger partial charge >= 0.3 is 12.0 Å². The quantitative estimate of drug-likeness (QED) is 0.270. The number of aromatic nitrogens is 3. The summed E-state index contributed by atoms with van der Waals surface area (Å²) in [5.74, 6) is -0.932. The summed E-state index contributed by atoms with van der Waals surface area (Å²) in [5.41, 5.74) is 3.49. The molecule has 0 spiro atoms. The topological polar surface area (TPSA) is 147 Å². The van der Waals surface area contributed by atoms with E-state index in [-0.39, 0.29) is 25.0 Å². The lowest BCUT2D eigenvalue weighted by Crippen LogP contribution is -2.49. The van der Waals surface area contributed by atoms with Gasteiger partial charge in [0.15, 0.2) is 0 Å². The van der Waals surface area contributed by atoms with Crippen molar-refractivity contribution >= 4 is 17.9 Å². The molecule has 1 aromatic carbocycles. The summed E-state index contributed by atoms with van der Waals surface area (Å²) in [7, 11) is 0. The number of hydrogen-bond donors (Lipinski definition) is 4. The highest BCUT2D eigenvalue weighted by Gasteiger charge is 2.21. The normalized spacial score (nSPS) is 11.6. The van der Waals surface area contributed by atoms with Crippen LogP contribution in [0.1, 0.15) is 38.4 Å². The Morgan fingerprint density at radius 3 is 2.63 bits per heavy atom. The number of para-hydroxylation sites is 1. The molecule has 11 heteroatoms. The first-order valence-corrected chi connectivity index (χ1v) is 9.41. The third-order valence-electron chi connectivity index (χ3n) is 4.08. The predicted octanol–water partition coefficient (Wildman–Crippen LogP) is 1.05. The summed E-state index contributed by atoms with van der Waals surface area (Å²) in [6.07, 6.45) is 2.01. The Hall–Kier alpha value is -3.47. The zero-order valence-corrected chi connectivity index (χ0v) is 17.1. The van der Waals surface area contributed by atoms with Crippen LogP contribution >= 0.6 is 0 Å². The minimum Gasteiger partial charge on any atom is -0.461 e. The second-order valence-corrected chi connectivity index (χ2v) is 7.05. The van der Waals surface area contributed by atoms with Gasteiger partial charge in [0, 0.05) is 12.5 Å². The van der Waals surface area contributed by atoms with Gasteiger partial charge in [-0.3, -0.25) is 14.8 Å². The first kappa shape index (κ1) is 22.8. The van der Waals surface area contributed by atoms with Gasteiger partial charge in [0.1, 0.15) is 18.3 Å². The second kappa shape index (κ2) is 10.9. The fraction of sp³-hybridized carbons (Fsp3) is 0.421. The van der Waals surface area contributed by atoms with E-state index in [2.05, 4.69) is 20.9 Å². The SMILES string of the molecule is CC(=O)OCc1ccccc1-n1cc(CNC(=O)N[C@@H](CC(C)C)C(=O)NO)nn1. The molecule has 0 radical (unpaired) electrons. The van der Waals surface area contributed by atoms with Crippen LogP contribution in [0.4, 0.5) is 4.79 Å². The molecule has 30 heavy (non-hydrogen) atoms. The van der Waals surface area contributed by atoms with E-state index in [9.17, 15) is 14.4 Å². The van der Waals surface area contributed by atoms with Crippen LogP contribution in [0, 0.1) is 5.92 Å². The van der Waals surface area contributed by atoms with Gasteiger partial charge in [-0.05, 0) is 18.4 Å². The molecule has 1 heterocycles. The summed E-state index contributed by atoms with van der Waals surface area (Å²) < 4.78 is 6.57. The minimum atomic E-state index is -0.862. The summed E-state index contributed by atoms with van der Waals surface area (Å²) in [4.78, 5) is 34.9. The first-order chi connectivity index (χ1) is 14.3. The molecular weight excluding hydrogens is 392 g/mol. The molecule has 1 atom stereocenters. The molecule has 1 aromatic heterocycles. The van der Waals surface area contributed by atoms with E-state index in [1.807, 2.05) is 32.0 Å². The van der Waals surface area contributed by atoms with Crippen molar-refractivity contribution in [2.24, 2.45) is 5.92 Å². The molecule has 0 saturated heterocycles. The zero-order valence-electron chi connectivity index (χ0n) is 17.1. The van der Waals surface area contributed by atoms with E-state index in [0.29, 0.717) is 17.8 Å². The number of benzene rings is 1. The lowest BCUT2D eigenvalue weighted by Gasteiger charge is -2.18. The minimum absolute atomic E-state index is 0.0765. The maximum atomic E-state index is 12.1. The molecule has 2 aromatic rings. The molecule has 0 saturated carbocycles. The Morgan fingerprint density at radius 2 is 1.97 bits per heavy atom. The van der Waals surface area contributed by atoms with Gasteiger partial charge in [0.25, 0.3) is 5.91 Å². The molecule has 0 fully saturated rings. The van der Waals surface area contributed by atoms with Gasteiger partial charge in [0.2, 0.25) is 0 Å². The number of nitrogens with zero attached hydrogens (tertiary/aromatic N) is 3. The van der Waals surface area contributed by atoms with E-state index in [1.54, 1.807) is 17.7 Å². The third-order valence-corrected chi connectivity index (χ3v) is 4.08. The van der Waals surface area contributed by atoms with Gasteiger partial charge in [-0.15, -0.1) is 5.10 Å². The standard InChI is InChI=1S/C19H26N6O5/c1-12(2)8-16(18(27)23-29)21-19(28)20-9-15-10-25(24-22-15)17-7-5-4-6-14(17)11-30-13(3)26/h4-7,10,12,16,29H,8-9,11H2,1-3H3,(H,23,27)(H2,20,21,28)/t16-/m0/s1. The predicted molar refractivity (Wildman–Crippen MR) is 105 cm³/mol. The molecule has 0 aliphatic heterocycles. The Labute approximate surface area is 173 Å². The molecule has 0 unspecified atom stereocenters. The lowest BCUT2D eigenvalue weighted by molar-refractivity contribution is -0.142. The Balaban J connectivity index is 1.98. The van der Waals surface area contributed by atoms with E-state index < -0.39 is 18.0 Å². The number of rotatable bonds is 9. The van der Waals surface area contributed by atoms with Crippen LogP contribution in [0.5, 0.6) is 0 Å². The molecule has 0 aliphatic rings. The summed E-state index contributed by atoms with van der Waals surface area (Å²) in [6, 6.07) is 5.82. The molecular formula is C19H26N6O5. The van der Waals surface area contributed by atoms with E-state index >= 15 is 0 Å². The Morgan fingerprint density at radius 1 is 1.23 bits per heavy atom. The van der Waals surface area contributed by atoms with Crippen LogP contribution in [-0.2, 0) is 27.5 Å². The van der Waals surface area contributed by atoms with Gasteiger partial charge in [-0.2, -0.15) is 0 Å². The molecule has 162 valence electrons. The van der Waals surface area contributed by atoms with Crippen LogP contribution in [0.3, 0.4) is 0 Å². The number of amides is 3. The fourth-order valence-electron chi connectivity index (χ4n) is 2.69. The van der Waals surface area contributed by atoms with Gasteiger partial charge in [-0.25, -0.2) is 15.0 Å². The van der Waals surface area contributed by atoms with Crippen molar-refractivity contribution in [3.8, 4) is 5.69 Å². The maximum Gasteiger partial charge on any atom is 0.315 e. The van der Waals surface area contributed by atoms with Crippen molar-refractivity contribution in [3.63, 3.8) is 0 Å². The number of carbonyl (C=O) groups excluding carboxylic acids is 3. The van der Waals surface area contributed by atoms with E-state index in [0.717, 1.165) is 5.56 Å². The van der Waals surface area contributed by atoms with Gasteiger partial charge in [0.05, 0.1) is 18.4 Å². The van der Waals surface area contributed by atoms with Crippen LogP contribution in [-0.4, -0.2) is 44.2 Å². The van der Waals surface area contributed by atoms with Crippen LogP contribution in [0.25, 0.3) is 5.69 Å². The number of esters is 1. The monoisotopic (exact) mass is 418 g/mol. The molecule has 0 aliphatic carbocycles. The molecule has 4 N–H and O–H groups in total. The lowest BCUT2D eigenvalue weighted by atomic mass is 10.0. The molecule has 3 amide bonds. The smallest absolute Gasteiger partial charge is 0.315 e. The largest absolute Gasteiger partial charge is 0.461 e. The van der Waals surface area contributed by atoms with Gasteiger partial charge in [-0.1, -0.05) is 37.3 Å². The average molecular weight is 418 g/mol. The summed E-state index contributed by atoms with van der Waals surface area (Å²) in [5, 5.41) is 22.0. The number of nitrogens with one attached hydrogen (secondary N) is 3. The third kappa shape index (κ3) is 6.85. The number of hydroxylamine groups is 1. The van der Waals surface area contributed by atoms with Crippen molar-refractivity contribution in [2.75, 3.05) is 0 Å².